The molecule has 0 fully saturated rings. The van der Waals surface area contributed by atoms with Gasteiger partial charge in [0.15, 0.2) is 5.65 Å². The monoisotopic (exact) mass is 378 g/mol. The van der Waals surface area contributed by atoms with Gasteiger partial charge in [-0.15, -0.1) is 0 Å². The second-order valence-electron chi connectivity index (χ2n) is 6.10. The van der Waals surface area contributed by atoms with Crippen molar-refractivity contribution in [3.05, 3.63) is 72.1 Å². The summed E-state index contributed by atoms with van der Waals surface area (Å²) in [4.78, 5) is 9.04. The summed E-state index contributed by atoms with van der Waals surface area (Å²) in [6.45, 7) is 1.27. The van der Waals surface area contributed by atoms with E-state index in [9.17, 15) is 0 Å². The number of hydrogen-bond acceptors (Lipinski definition) is 4. The van der Waals surface area contributed by atoms with E-state index in [0.717, 1.165) is 33.7 Å². The van der Waals surface area contributed by atoms with Gasteiger partial charge in [0.05, 0.1) is 12.0 Å². The summed E-state index contributed by atoms with van der Waals surface area (Å²) in [6.07, 6.45) is 3.68. The number of benzene rings is 2. The van der Waals surface area contributed by atoms with E-state index in [1.807, 2.05) is 42.5 Å². The van der Waals surface area contributed by atoms with Gasteiger partial charge in [-0.05, 0) is 29.8 Å². The molecule has 0 spiro atoms. The van der Waals surface area contributed by atoms with Gasteiger partial charge >= 0.3 is 0 Å². The Hall–Kier alpha value is -2.89. The number of methoxy groups -OCH3 is 1. The van der Waals surface area contributed by atoms with Crippen molar-refractivity contribution in [1.29, 1.82) is 0 Å². The molecule has 4 aromatic rings. The van der Waals surface area contributed by atoms with Gasteiger partial charge in [-0.25, -0.2) is 9.97 Å². The lowest BCUT2D eigenvalue weighted by atomic mass is 10.1. The second-order valence-corrected chi connectivity index (χ2v) is 6.53. The van der Waals surface area contributed by atoms with E-state index >= 15 is 0 Å². The van der Waals surface area contributed by atoms with Crippen molar-refractivity contribution in [2.45, 2.75) is 0 Å². The van der Waals surface area contributed by atoms with Crippen molar-refractivity contribution in [2.75, 3.05) is 25.6 Å². The smallest absolute Gasteiger partial charge is 0.150 e. The van der Waals surface area contributed by atoms with Gasteiger partial charge in [0.2, 0.25) is 0 Å². The summed E-state index contributed by atoms with van der Waals surface area (Å²) in [5.41, 5.74) is 4.01. The van der Waals surface area contributed by atoms with Crippen LogP contribution in [0.5, 0.6) is 0 Å². The molecule has 1 N–H and O–H groups in total. The minimum atomic E-state index is 0.601. The number of ether oxygens (including phenoxy) is 1. The standard InChI is InChI=1S/C21H19ClN4O/c1-27-12-11-23-20-19-18(15-5-3-2-4-6-15)13-26(21(19)25-14-24-20)17-9-7-16(22)8-10-17/h2-10,13-14H,11-12H2,1H3,(H,23,24,25). The number of nitrogens with one attached hydrogen (secondary N) is 1. The third-order valence-corrected chi connectivity index (χ3v) is 4.62. The largest absolute Gasteiger partial charge is 0.383 e. The number of anilines is 1. The maximum absolute atomic E-state index is 6.06. The minimum Gasteiger partial charge on any atom is -0.383 e. The van der Waals surface area contributed by atoms with E-state index in [0.29, 0.717) is 18.2 Å². The Bertz CT molecular complexity index is 1050. The Morgan fingerprint density at radius 2 is 1.81 bits per heavy atom. The van der Waals surface area contributed by atoms with Crippen LogP contribution in [0.25, 0.3) is 27.8 Å². The van der Waals surface area contributed by atoms with Gasteiger partial charge in [0.25, 0.3) is 0 Å². The van der Waals surface area contributed by atoms with Crippen molar-refractivity contribution in [3.8, 4) is 16.8 Å². The molecule has 2 aromatic heterocycles. The van der Waals surface area contributed by atoms with E-state index in [1.54, 1.807) is 13.4 Å². The number of rotatable bonds is 6. The molecule has 0 unspecified atom stereocenters. The van der Waals surface area contributed by atoms with Crippen molar-refractivity contribution >= 4 is 28.5 Å². The van der Waals surface area contributed by atoms with Crippen LogP contribution in [-0.4, -0.2) is 34.8 Å². The molecule has 0 amide bonds. The molecule has 6 heteroatoms. The molecule has 0 radical (unpaired) electrons. The first-order valence-corrected chi connectivity index (χ1v) is 9.06. The van der Waals surface area contributed by atoms with Crippen LogP contribution in [0, 0.1) is 0 Å². The highest BCUT2D eigenvalue weighted by Crippen LogP contribution is 2.35. The highest BCUT2D eigenvalue weighted by Gasteiger charge is 2.17. The van der Waals surface area contributed by atoms with Gasteiger partial charge < -0.3 is 14.6 Å². The first kappa shape index (κ1) is 17.5. The van der Waals surface area contributed by atoms with Crippen LogP contribution in [-0.2, 0) is 4.74 Å². The van der Waals surface area contributed by atoms with Gasteiger partial charge in [-0.3, -0.25) is 0 Å². The highest BCUT2D eigenvalue weighted by atomic mass is 35.5. The molecule has 5 nitrogen and oxygen atoms in total. The third-order valence-electron chi connectivity index (χ3n) is 4.37. The maximum atomic E-state index is 6.06. The van der Waals surface area contributed by atoms with E-state index < -0.39 is 0 Å². The molecule has 2 aromatic carbocycles. The van der Waals surface area contributed by atoms with Crippen LogP contribution in [0.4, 0.5) is 5.82 Å². The summed E-state index contributed by atoms with van der Waals surface area (Å²) in [5.74, 6) is 0.795. The summed E-state index contributed by atoms with van der Waals surface area (Å²) in [6, 6.07) is 18.0. The highest BCUT2D eigenvalue weighted by molar-refractivity contribution is 6.30. The van der Waals surface area contributed by atoms with Crippen molar-refractivity contribution in [1.82, 2.24) is 14.5 Å². The molecule has 27 heavy (non-hydrogen) atoms. The van der Waals surface area contributed by atoms with Crippen LogP contribution < -0.4 is 5.32 Å². The predicted molar refractivity (Wildman–Crippen MR) is 110 cm³/mol. The lowest BCUT2D eigenvalue weighted by molar-refractivity contribution is 0.210. The fraction of sp³-hybridized carbons (Fsp3) is 0.143. The molecule has 0 aliphatic rings. The first-order chi connectivity index (χ1) is 13.3. The van der Waals surface area contributed by atoms with Crippen molar-refractivity contribution < 1.29 is 4.74 Å². The van der Waals surface area contributed by atoms with Gasteiger partial charge in [-0.1, -0.05) is 41.9 Å². The maximum Gasteiger partial charge on any atom is 0.150 e. The summed E-state index contributed by atoms with van der Waals surface area (Å²) >= 11 is 6.06. The zero-order valence-electron chi connectivity index (χ0n) is 14.9. The number of halogens is 1. The molecule has 0 aliphatic carbocycles. The van der Waals surface area contributed by atoms with Crippen LogP contribution in [0.15, 0.2) is 67.1 Å². The molecule has 0 atom stereocenters. The Labute approximate surface area is 162 Å². The Morgan fingerprint density at radius 1 is 1.04 bits per heavy atom. The summed E-state index contributed by atoms with van der Waals surface area (Å²) < 4.78 is 7.22. The minimum absolute atomic E-state index is 0.601. The van der Waals surface area contributed by atoms with Gasteiger partial charge in [-0.2, -0.15) is 0 Å². The first-order valence-electron chi connectivity index (χ1n) is 8.68. The van der Waals surface area contributed by atoms with E-state index in [1.165, 1.54) is 0 Å². The van der Waals surface area contributed by atoms with E-state index in [-0.39, 0.29) is 0 Å². The SMILES string of the molecule is COCCNc1ncnc2c1c(-c1ccccc1)cn2-c1ccc(Cl)cc1. The van der Waals surface area contributed by atoms with Gasteiger partial charge in [0.1, 0.15) is 12.1 Å². The topological polar surface area (TPSA) is 52.0 Å². The Kier molecular flexibility index (Phi) is 5.05. The van der Waals surface area contributed by atoms with Crippen molar-refractivity contribution in [2.24, 2.45) is 0 Å². The third kappa shape index (κ3) is 3.52. The van der Waals surface area contributed by atoms with Crippen molar-refractivity contribution in [3.63, 3.8) is 0 Å². The number of nitrogens with zero attached hydrogens (tertiary/aromatic N) is 3. The molecule has 4 rings (SSSR count). The zero-order chi connectivity index (χ0) is 18.6. The average Bonchev–Trinajstić information content (AvgIpc) is 3.10. The molecule has 0 saturated heterocycles. The summed E-state index contributed by atoms with van der Waals surface area (Å²) in [7, 11) is 1.68. The molecule has 0 saturated carbocycles. The fourth-order valence-electron chi connectivity index (χ4n) is 3.10. The molecule has 136 valence electrons. The Morgan fingerprint density at radius 3 is 2.56 bits per heavy atom. The number of aromatic nitrogens is 3. The predicted octanol–water partition coefficient (Wildman–Crippen LogP) is 4.80. The Balaban J connectivity index is 1.92. The summed E-state index contributed by atoms with van der Waals surface area (Å²) in [5, 5.41) is 5.05. The quantitative estimate of drug-likeness (QED) is 0.490. The average molecular weight is 379 g/mol. The van der Waals surface area contributed by atoms with Crippen LogP contribution >= 0.6 is 11.6 Å². The van der Waals surface area contributed by atoms with Gasteiger partial charge in [0, 0.05) is 36.1 Å². The fourth-order valence-corrected chi connectivity index (χ4v) is 3.23. The van der Waals surface area contributed by atoms with Crippen LogP contribution in [0.2, 0.25) is 5.02 Å². The number of hydrogen-bond donors (Lipinski definition) is 1. The molecule has 2 heterocycles. The zero-order valence-corrected chi connectivity index (χ0v) is 15.6. The number of fused-ring (bicyclic) bond motifs is 1. The lowest BCUT2D eigenvalue weighted by Crippen LogP contribution is -2.09. The lowest BCUT2D eigenvalue weighted by Gasteiger charge is -2.08. The van der Waals surface area contributed by atoms with E-state index in [4.69, 9.17) is 16.3 Å². The normalized spacial score (nSPS) is 11.0. The second kappa shape index (κ2) is 7.78. The molecule has 0 aliphatic heterocycles. The van der Waals surface area contributed by atoms with E-state index in [2.05, 4.69) is 38.2 Å². The molecular weight excluding hydrogens is 360 g/mol. The van der Waals surface area contributed by atoms with Crippen LogP contribution in [0.1, 0.15) is 0 Å². The molecule has 0 bridgehead atoms. The van der Waals surface area contributed by atoms with Crippen LogP contribution in [0.3, 0.4) is 0 Å². The molecular formula is C21H19ClN4O.